The summed E-state index contributed by atoms with van der Waals surface area (Å²) in [4.78, 5) is 5.21. The van der Waals surface area contributed by atoms with Crippen LogP contribution >= 0.6 is 63.0 Å². The smallest absolute Gasteiger partial charge is 0.162 e. The first-order chi connectivity index (χ1) is 12.6. The Balaban J connectivity index is 1.39. The lowest BCUT2D eigenvalue weighted by atomic mass is 10.3. The van der Waals surface area contributed by atoms with Gasteiger partial charge in [0.1, 0.15) is 8.16 Å². The standard InChI is InChI=1S/C18H21BrO4S4/c1-15(2)20-6-17(7-21-15)24-10-5-11-14(12(19)13(10)26-17)27-18(25-11)8-22-16(3,4)23-9-18/h5H,6-9H2,1-4H3. The number of hydrogen-bond acceptors (Lipinski definition) is 8. The van der Waals surface area contributed by atoms with Crippen LogP contribution < -0.4 is 0 Å². The molecule has 0 aromatic heterocycles. The highest BCUT2D eigenvalue weighted by atomic mass is 79.9. The van der Waals surface area contributed by atoms with Gasteiger partial charge < -0.3 is 18.9 Å². The Kier molecular flexibility index (Phi) is 4.76. The van der Waals surface area contributed by atoms with Crippen LogP contribution in [0.25, 0.3) is 0 Å². The maximum absolute atomic E-state index is 5.96. The Bertz CT molecular complexity index is 731. The van der Waals surface area contributed by atoms with E-state index in [9.17, 15) is 0 Å². The van der Waals surface area contributed by atoms with Gasteiger partial charge in [-0.05, 0) is 49.7 Å². The lowest BCUT2D eigenvalue weighted by Crippen LogP contribution is -2.46. The monoisotopic (exact) mass is 508 g/mol. The van der Waals surface area contributed by atoms with Crippen LogP contribution in [-0.2, 0) is 18.9 Å². The maximum Gasteiger partial charge on any atom is 0.162 e. The van der Waals surface area contributed by atoms with E-state index in [0.29, 0.717) is 26.4 Å². The zero-order chi connectivity index (χ0) is 19.1. The van der Waals surface area contributed by atoms with E-state index in [4.69, 9.17) is 18.9 Å². The normalized spacial score (nSPS) is 29.1. The molecule has 2 saturated heterocycles. The largest absolute Gasteiger partial charge is 0.348 e. The van der Waals surface area contributed by atoms with Gasteiger partial charge in [0.25, 0.3) is 0 Å². The Labute approximate surface area is 185 Å². The minimum Gasteiger partial charge on any atom is -0.348 e. The SMILES string of the molecule is CC1(C)OCC2(CO1)Sc1cc3c(c(Br)c1S2)SC1(COC(C)(C)OC1)S3. The van der Waals surface area contributed by atoms with Gasteiger partial charge in [0.2, 0.25) is 0 Å². The molecular formula is C18H21BrO4S4. The minimum absolute atomic E-state index is 0.0937. The van der Waals surface area contributed by atoms with Crippen molar-refractivity contribution in [2.45, 2.75) is 67.0 Å². The predicted molar refractivity (Wildman–Crippen MR) is 115 cm³/mol. The molecule has 2 fully saturated rings. The Morgan fingerprint density at radius 3 is 1.44 bits per heavy atom. The van der Waals surface area contributed by atoms with E-state index in [1.165, 1.54) is 24.1 Å². The number of fused-ring (bicyclic) bond motifs is 2. The molecule has 9 heteroatoms. The van der Waals surface area contributed by atoms with Gasteiger partial charge >= 0.3 is 0 Å². The molecule has 0 bridgehead atoms. The van der Waals surface area contributed by atoms with Gasteiger partial charge in [-0.15, -0.1) is 47.0 Å². The Hall–Kier alpha value is 0.940. The van der Waals surface area contributed by atoms with Gasteiger partial charge in [-0.3, -0.25) is 0 Å². The van der Waals surface area contributed by atoms with Crippen LogP contribution in [0, 0.1) is 0 Å². The molecule has 0 aliphatic carbocycles. The molecule has 2 spiro atoms. The van der Waals surface area contributed by atoms with Crippen LogP contribution in [0.15, 0.2) is 30.1 Å². The molecule has 0 atom stereocenters. The molecule has 148 valence electrons. The Morgan fingerprint density at radius 1 is 0.704 bits per heavy atom. The fourth-order valence-electron chi connectivity index (χ4n) is 3.26. The summed E-state index contributed by atoms with van der Waals surface area (Å²) in [7, 11) is 0. The van der Waals surface area contributed by atoms with Crippen LogP contribution in [0.4, 0.5) is 0 Å². The zero-order valence-electron chi connectivity index (χ0n) is 15.5. The summed E-state index contributed by atoms with van der Waals surface area (Å²) in [5, 5.41) is 0. The molecule has 0 unspecified atom stereocenters. The van der Waals surface area contributed by atoms with Crippen LogP contribution in [0.5, 0.6) is 0 Å². The second kappa shape index (κ2) is 6.47. The number of benzene rings is 1. The fourth-order valence-corrected chi connectivity index (χ4v) is 10.4. The van der Waals surface area contributed by atoms with Crippen molar-refractivity contribution in [2.24, 2.45) is 0 Å². The highest BCUT2D eigenvalue weighted by molar-refractivity contribution is 9.10. The van der Waals surface area contributed by atoms with E-state index >= 15 is 0 Å². The first-order valence-corrected chi connectivity index (χ1v) is 12.8. The van der Waals surface area contributed by atoms with Gasteiger partial charge in [0.05, 0.1) is 26.4 Å². The average Bonchev–Trinajstić information content (AvgIpc) is 3.14. The number of hydrogen-bond donors (Lipinski definition) is 0. The molecule has 1 aromatic rings. The quantitative estimate of drug-likeness (QED) is 0.434. The van der Waals surface area contributed by atoms with Crippen LogP contribution in [0.3, 0.4) is 0 Å². The van der Waals surface area contributed by atoms with E-state index < -0.39 is 11.6 Å². The number of thioether (sulfide) groups is 4. The molecule has 4 aliphatic rings. The van der Waals surface area contributed by atoms with Gasteiger partial charge in [0.15, 0.2) is 11.6 Å². The molecule has 0 amide bonds. The van der Waals surface area contributed by atoms with Crippen LogP contribution in [-0.4, -0.2) is 46.2 Å². The third kappa shape index (κ3) is 3.53. The van der Waals surface area contributed by atoms with E-state index in [1.807, 2.05) is 74.7 Å². The third-order valence-electron chi connectivity index (χ3n) is 4.84. The summed E-state index contributed by atoms with van der Waals surface area (Å²) in [6.07, 6.45) is 0. The summed E-state index contributed by atoms with van der Waals surface area (Å²) in [6.45, 7) is 10.6. The lowest BCUT2D eigenvalue weighted by molar-refractivity contribution is -0.245. The maximum atomic E-state index is 5.96. The first-order valence-electron chi connectivity index (χ1n) is 8.78. The lowest BCUT2D eigenvalue weighted by Gasteiger charge is -2.40. The predicted octanol–water partition coefficient (Wildman–Crippen LogP) is 5.80. The van der Waals surface area contributed by atoms with Crippen LogP contribution in [0.1, 0.15) is 27.7 Å². The van der Waals surface area contributed by atoms with Gasteiger partial charge in [-0.1, -0.05) is 0 Å². The fraction of sp³-hybridized carbons (Fsp3) is 0.667. The second-order valence-corrected chi connectivity index (χ2v) is 15.0. The van der Waals surface area contributed by atoms with Crippen molar-refractivity contribution in [1.29, 1.82) is 0 Å². The van der Waals surface area contributed by atoms with E-state index in [0.717, 1.165) is 0 Å². The highest BCUT2D eigenvalue weighted by Crippen LogP contribution is 2.66. The summed E-state index contributed by atoms with van der Waals surface area (Å²) < 4.78 is 24.8. The topological polar surface area (TPSA) is 36.9 Å². The number of halogens is 1. The average molecular weight is 510 g/mol. The molecular weight excluding hydrogens is 488 g/mol. The summed E-state index contributed by atoms with van der Waals surface area (Å²) in [5.41, 5.74) is 0. The van der Waals surface area contributed by atoms with E-state index in [2.05, 4.69) is 22.0 Å². The molecule has 4 heterocycles. The highest BCUT2D eigenvalue weighted by Gasteiger charge is 2.51. The van der Waals surface area contributed by atoms with Crippen molar-refractivity contribution in [3.05, 3.63) is 10.5 Å². The van der Waals surface area contributed by atoms with Crippen molar-refractivity contribution in [2.75, 3.05) is 26.4 Å². The summed E-state index contributed by atoms with van der Waals surface area (Å²) in [5.74, 6) is -0.986. The van der Waals surface area contributed by atoms with Gasteiger partial charge in [-0.25, -0.2) is 0 Å². The van der Waals surface area contributed by atoms with Crippen molar-refractivity contribution < 1.29 is 18.9 Å². The van der Waals surface area contributed by atoms with Gasteiger partial charge in [-0.2, -0.15) is 0 Å². The van der Waals surface area contributed by atoms with Gasteiger partial charge in [0, 0.05) is 24.1 Å². The number of rotatable bonds is 0. The molecule has 27 heavy (non-hydrogen) atoms. The van der Waals surface area contributed by atoms with Crippen LogP contribution in [0.2, 0.25) is 0 Å². The van der Waals surface area contributed by atoms with Crippen molar-refractivity contribution in [3.63, 3.8) is 0 Å². The molecule has 0 saturated carbocycles. The molecule has 5 rings (SSSR count). The van der Waals surface area contributed by atoms with E-state index in [1.54, 1.807) is 0 Å². The van der Waals surface area contributed by atoms with E-state index in [-0.39, 0.29) is 8.16 Å². The van der Waals surface area contributed by atoms with Crippen molar-refractivity contribution in [1.82, 2.24) is 0 Å². The molecule has 0 radical (unpaired) electrons. The summed E-state index contributed by atoms with van der Waals surface area (Å²) in [6, 6.07) is 2.33. The minimum atomic E-state index is -0.493. The molecule has 4 aliphatic heterocycles. The Morgan fingerprint density at radius 2 is 1.07 bits per heavy atom. The molecule has 0 N–H and O–H groups in total. The number of ether oxygens (including phenoxy) is 4. The molecule has 4 nitrogen and oxygen atoms in total. The van der Waals surface area contributed by atoms with Crippen molar-refractivity contribution >= 4 is 63.0 Å². The molecule has 1 aromatic carbocycles. The first kappa shape index (κ1) is 19.9. The second-order valence-electron chi connectivity index (χ2n) is 8.03. The van der Waals surface area contributed by atoms with Crippen molar-refractivity contribution in [3.8, 4) is 0 Å². The zero-order valence-corrected chi connectivity index (χ0v) is 20.4. The third-order valence-corrected chi connectivity index (χ3v) is 12.2. The summed E-state index contributed by atoms with van der Waals surface area (Å²) >= 11 is 11.4.